The Labute approximate surface area is 207 Å². The van der Waals surface area contributed by atoms with Crippen molar-refractivity contribution in [3.05, 3.63) is 0 Å². The van der Waals surface area contributed by atoms with Crippen molar-refractivity contribution in [3.63, 3.8) is 0 Å². The molecule has 0 unspecified atom stereocenters. The zero-order valence-electron chi connectivity index (χ0n) is 20.5. The number of rotatable bonds is 16. The number of methoxy groups -OCH3 is 4. The van der Waals surface area contributed by atoms with E-state index in [4.69, 9.17) is 52.1 Å². The van der Waals surface area contributed by atoms with Gasteiger partial charge in [0.2, 0.25) is 0 Å². The molecule has 2 aliphatic heterocycles. The quantitative estimate of drug-likeness (QED) is 0.123. The van der Waals surface area contributed by atoms with Gasteiger partial charge in [0.25, 0.3) is 0 Å². The SMILES string of the molecule is COCC(=O)OC[C@H]1O[C@H](OC[C@H]2CO2)[C@H](OC(=O)COC)[C@@H](OC(=O)COC)[C@H]1OC(=O)COC. The van der Waals surface area contributed by atoms with E-state index in [1.165, 1.54) is 28.4 Å². The molecule has 206 valence electrons. The molecule has 2 rings (SSSR count). The molecule has 0 aromatic carbocycles. The van der Waals surface area contributed by atoms with Crippen LogP contribution in [0.3, 0.4) is 0 Å². The van der Waals surface area contributed by atoms with Gasteiger partial charge in [0.1, 0.15) is 45.2 Å². The maximum atomic E-state index is 12.4. The van der Waals surface area contributed by atoms with Gasteiger partial charge >= 0.3 is 23.9 Å². The standard InChI is InChI=1S/C21H32O15/c1-26-8-14(22)31-7-13-18(34-15(23)9-27-2)19(35-16(24)10-28-3)20(36-17(25)11-29-4)21(33-13)32-6-12-5-30-12/h12-13,18-21H,5-11H2,1-4H3/t12-,13-,18+,19+,20-,21+/m1/s1. The summed E-state index contributed by atoms with van der Waals surface area (Å²) in [6.07, 6.45) is -6.97. The first-order valence-corrected chi connectivity index (χ1v) is 10.9. The minimum absolute atomic E-state index is 0.0616. The van der Waals surface area contributed by atoms with Crippen LogP contribution in [0.2, 0.25) is 0 Å². The van der Waals surface area contributed by atoms with Gasteiger partial charge in [-0.2, -0.15) is 0 Å². The van der Waals surface area contributed by atoms with E-state index >= 15 is 0 Å². The highest BCUT2D eigenvalue weighted by Crippen LogP contribution is 2.30. The third-order valence-electron chi connectivity index (χ3n) is 4.70. The number of carbonyl (C=O) groups excluding carboxylic acids is 4. The predicted molar refractivity (Wildman–Crippen MR) is 112 cm³/mol. The highest BCUT2D eigenvalue weighted by Gasteiger charge is 2.53. The predicted octanol–water partition coefficient (Wildman–Crippen LogP) is -2.01. The van der Waals surface area contributed by atoms with E-state index in [-0.39, 0.29) is 19.3 Å². The van der Waals surface area contributed by atoms with Crippen LogP contribution in [-0.2, 0) is 71.3 Å². The number of epoxide rings is 1. The van der Waals surface area contributed by atoms with Crippen molar-refractivity contribution in [2.24, 2.45) is 0 Å². The zero-order chi connectivity index (χ0) is 26.5. The van der Waals surface area contributed by atoms with Crippen molar-refractivity contribution in [2.75, 3.05) is 74.7 Å². The Morgan fingerprint density at radius 1 is 0.667 bits per heavy atom. The Morgan fingerprint density at radius 2 is 1.14 bits per heavy atom. The Balaban J connectivity index is 2.37. The van der Waals surface area contributed by atoms with Gasteiger partial charge in [0, 0.05) is 28.4 Å². The lowest BCUT2D eigenvalue weighted by Crippen LogP contribution is -2.63. The molecule has 2 fully saturated rings. The van der Waals surface area contributed by atoms with Crippen LogP contribution >= 0.6 is 0 Å². The Hall–Kier alpha value is -2.40. The first kappa shape index (κ1) is 29.8. The molecule has 0 spiro atoms. The average molecular weight is 524 g/mol. The van der Waals surface area contributed by atoms with Gasteiger partial charge in [-0.05, 0) is 0 Å². The summed E-state index contributed by atoms with van der Waals surface area (Å²) in [4.78, 5) is 48.9. The molecular formula is C21H32O15. The van der Waals surface area contributed by atoms with Gasteiger partial charge in [-0.25, -0.2) is 19.2 Å². The molecule has 0 aromatic rings. The third-order valence-corrected chi connectivity index (χ3v) is 4.70. The highest BCUT2D eigenvalue weighted by atomic mass is 16.7. The van der Waals surface area contributed by atoms with Crippen LogP contribution in [0.25, 0.3) is 0 Å². The average Bonchev–Trinajstić information content (AvgIpc) is 3.65. The van der Waals surface area contributed by atoms with Crippen molar-refractivity contribution < 1.29 is 71.3 Å². The molecule has 0 aromatic heterocycles. The summed E-state index contributed by atoms with van der Waals surface area (Å²) >= 11 is 0. The van der Waals surface area contributed by atoms with E-state index in [1.807, 2.05) is 0 Å². The molecule has 36 heavy (non-hydrogen) atoms. The molecule has 15 heteroatoms. The number of hydrogen-bond donors (Lipinski definition) is 0. The van der Waals surface area contributed by atoms with Crippen molar-refractivity contribution in [2.45, 2.75) is 36.8 Å². The molecule has 0 saturated carbocycles. The van der Waals surface area contributed by atoms with Crippen LogP contribution < -0.4 is 0 Å². The lowest BCUT2D eigenvalue weighted by atomic mass is 9.98. The summed E-state index contributed by atoms with van der Waals surface area (Å²) in [5.41, 5.74) is 0. The molecule has 15 nitrogen and oxygen atoms in total. The Morgan fingerprint density at radius 3 is 1.64 bits per heavy atom. The number of ether oxygens (including phenoxy) is 11. The van der Waals surface area contributed by atoms with Crippen molar-refractivity contribution in [3.8, 4) is 0 Å². The van der Waals surface area contributed by atoms with Crippen LogP contribution in [0.15, 0.2) is 0 Å². The summed E-state index contributed by atoms with van der Waals surface area (Å²) in [5, 5.41) is 0. The monoisotopic (exact) mass is 524 g/mol. The van der Waals surface area contributed by atoms with E-state index in [2.05, 4.69) is 0 Å². The van der Waals surface area contributed by atoms with Crippen molar-refractivity contribution >= 4 is 23.9 Å². The van der Waals surface area contributed by atoms with Gasteiger partial charge in [0.05, 0.1) is 13.2 Å². The van der Waals surface area contributed by atoms with Crippen molar-refractivity contribution in [1.29, 1.82) is 0 Å². The van der Waals surface area contributed by atoms with Crippen LogP contribution in [0.4, 0.5) is 0 Å². The number of hydrogen-bond acceptors (Lipinski definition) is 15. The molecule has 0 bridgehead atoms. The first-order chi connectivity index (χ1) is 17.3. The van der Waals surface area contributed by atoms with Gasteiger partial charge in [-0.3, -0.25) is 0 Å². The van der Waals surface area contributed by atoms with Gasteiger partial charge < -0.3 is 52.1 Å². The van der Waals surface area contributed by atoms with Crippen molar-refractivity contribution in [1.82, 2.24) is 0 Å². The molecule has 2 aliphatic rings. The molecule has 0 aliphatic carbocycles. The van der Waals surface area contributed by atoms with E-state index in [0.717, 1.165) is 0 Å². The van der Waals surface area contributed by atoms with E-state index < -0.39 is 81.0 Å². The van der Waals surface area contributed by atoms with E-state index in [9.17, 15) is 19.2 Å². The zero-order valence-corrected chi connectivity index (χ0v) is 20.5. The lowest BCUT2D eigenvalue weighted by molar-refractivity contribution is -0.310. The minimum atomic E-state index is -1.45. The van der Waals surface area contributed by atoms with Gasteiger partial charge in [0.15, 0.2) is 24.6 Å². The fourth-order valence-corrected chi connectivity index (χ4v) is 3.16. The second-order valence-electron chi connectivity index (χ2n) is 7.61. The van der Waals surface area contributed by atoms with Crippen LogP contribution in [-0.4, -0.2) is 135 Å². The summed E-state index contributed by atoms with van der Waals surface area (Å²) in [6.45, 7) is -1.59. The molecule has 2 saturated heterocycles. The highest BCUT2D eigenvalue weighted by molar-refractivity contribution is 5.73. The second kappa shape index (κ2) is 15.7. The molecular weight excluding hydrogens is 492 g/mol. The maximum Gasteiger partial charge on any atom is 0.332 e. The van der Waals surface area contributed by atoms with Crippen LogP contribution in [0.5, 0.6) is 0 Å². The normalized spacial score (nSPS) is 27.1. The Kier molecular flexibility index (Phi) is 13.0. The molecule has 6 atom stereocenters. The molecule has 2 heterocycles. The van der Waals surface area contributed by atoms with Crippen LogP contribution in [0, 0.1) is 0 Å². The molecule has 0 amide bonds. The molecule has 0 N–H and O–H groups in total. The van der Waals surface area contributed by atoms with E-state index in [0.29, 0.717) is 6.61 Å². The van der Waals surface area contributed by atoms with E-state index in [1.54, 1.807) is 0 Å². The lowest BCUT2D eigenvalue weighted by Gasteiger charge is -2.44. The summed E-state index contributed by atoms with van der Waals surface area (Å²) in [6, 6.07) is 0. The minimum Gasteiger partial charge on any atom is -0.461 e. The smallest absolute Gasteiger partial charge is 0.332 e. The number of esters is 4. The van der Waals surface area contributed by atoms with Crippen LogP contribution in [0.1, 0.15) is 0 Å². The fourth-order valence-electron chi connectivity index (χ4n) is 3.16. The van der Waals surface area contributed by atoms with Gasteiger partial charge in [-0.15, -0.1) is 0 Å². The number of carbonyl (C=O) groups is 4. The fraction of sp³-hybridized carbons (Fsp3) is 0.810. The largest absolute Gasteiger partial charge is 0.461 e. The summed E-state index contributed by atoms with van der Waals surface area (Å²) < 4.78 is 57.5. The summed E-state index contributed by atoms with van der Waals surface area (Å²) in [7, 11) is 5.14. The Bertz CT molecular complexity index is 724. The summed E-state index contributed by atoms with van der Waals surface area (Å²) in [5.74, 6) is -3.26. The topological polar surface area (TPSA) is 173 Å². The van der Waals surface area contributed by atoms with Gasteiger partial charge in [-0.1, -0.05) is 0 Å². The maximum absolute atomic E-state index is 12.4. The third kappa shape index (κ3) is 9.93. The molecule has 0 radical (unpaired) electrons. The second-order valence-corrected chi connectivity index (χ2v) is 7.61. The first-order valence-electron chi connectivity index (χ1n) is 10.9.